The first-order valence-electron chi connectivity index (χ1n) is 5.34. The third-order valence-corrected chi connectivity index (χ3v) is 2.83. The monoisotopic (exact) mass is 283 g/mol. The molecule has 1 rings (SSSR count). The molecule has 0 atom stereocenters. The second kappa shape index (κ2) is 6.06. The Morgan fingerprint density at radius 2 is 2.12 bits per heavy atom. The zero-order chi connectivity index (χ0) is 12.1. The van der Waals surface area contributed by atoms with Crippen molar-refractivity contribution < 1.29 is 4.74 Å². The lowest BCUT2D eigenvalue weighted by atomic mass is 9.99. The second-order valence-corrected chi connectivity index (χ2v) is 4.83. The molecule has 0 radical (unpaired) electrons. The average molecular weight is 284 g/mol. The molecule has 0 unspecified atom stereocenters. The summed E-state index contributed by atoms with van der Waals surface area (Å²) >= 11 is 3.52. The molecule has 1 aromatic rings. The summed E-state index contributed by atoms with van der Waals surface area (Å²) in [6.07, 6.45) is 3.92. The Kier molecular flexibility index (Phi) is 5.03. The van der Waals surface area contributed by atoms with Crippen LogP contribution in [-0.4, -0.2) is 13.7 Å². The fraction of sp³-hybridized carbons (Fsp3) is 0.385. The fourth-order valence-electron chi connectivity index (χ4n) is 1.62. The Morgan fingerprint density at radius 3 is 2.62 bits per heavy atom. The highest BCUT2D eigenvalue weighted by Crippen LogP contribution is 2.34. The lowest BCUT2D eigenvalue weighted by Crippen LogP contribution is -1.98. The summed E-state index contributed by atoms with van der Waals surface area (Å²) in [5.41, 5.74) is 7.73. The summed E-state index contributed by atoms with van der Waals surface area (Å²) in [6.45, 7) is 4.84. The van der Waals surface area contributed by atoms with Crippen LogP contribution in [-0.2, 0) is 0 Å². The van der Waals surface area contributed by atoms with Gasteiger partial charge in [-0.25, -0.2) is 0 Å². The number of nitrogens with two attached hydrogens (primary N) is 1. The van der Waals surface area contributed by atoms with Crippen molar-refractivity contribution in [3.05, 3.63) is 33.8 Å². The van der Waals surface area contributed by atoms with E-state index in [9.17, 15) is 0 Å². The maximum atomic E-state index is 5.48. The van der Waals surface area contributed by atoms with Crippen LogP contribution in [0.15, 0.2) is 22.7 Å². The van der Waals surface area contributed by atoms with Gasteiger partial charge in [-0.05, 0) is 23.6 Å². The van der Waals surface area contributed by atoms with E-state index in [0.29, 0.717) is 12.5 Å². The molecule has 16 heavy (non-hydrogen) atoms. The molecule has 0 spiro atoms. The minimum atomic E-state index is 0.428. The Hall–Kier alpha value is -0.800. The Bertz CT molecular complexity index is 386. The molecule has 1 aromatic carbocycles. The first-order chi connectivity index (χ1) is 7.60. The van der Waals surface area contributed by atoms with Crippen molar-refractivity contribution in [1.82, 2.24) is 0 Å². The van der Waals surface area contributed by atoms with Crippen LogP contribution < -0.4 is 10.5 Å². The van der Waals surface area contributed by atoms with Crippen LogP contribution in [0.1, 0.15) is 30.9 Å². The van der Waals surface area contributed by atoms with Crippen molar-refractivity contribution >= 4 is 22.0 Å². The van der Waals surface area contributed by atoms with Crippen LogP contribution in [0.4, 0.5) is 0 Å². The average Bonchev–Trinajstić information content (AvgIpc) is 2.25. The molecular weight excluding hydrogens is 266 g/mol. The minimum absolute atomic E-state index is 0.428. The smallest absolute Gasteiger partial charge is 0.129 e. The quantitative estimate of drug-likeness (QED) is 0.917. The van der Waals surface area contributed by atoms with Gasteiger partial charge in [-0.2, -0.15) is 0 Å². The van der Waals surface area contributed by atoms with E-state index in [-0.39, 0.29) is 0 Å². The topological polar surface area (TPSA) is 35.2 Å². The molecular formula is C13H18BrNO. The molecule has 88 valence electrons. The van der Waals surface area contributed by atoms with Gasteiger partial charge < -0.3 is 10.5 Å². The third kappa shape index (κ3) is 3.09. The highest BCUT2D eigenvalue weighted by molar-refractivity contribution is 9.10. The van der Waals surface area contributed by atoms with Gasteiger partial charge in [-0.3, -0.25) is 0 Å². The van der Waals surface area contributed by atoms with E-state index in [1.54, 1.807) is 7.11 Å². The number of methoxy groups -OCH3 is 1. The number of rotatable bonds is 4. The summed E-state index contributed by atoms with van der Waals surface area (Å²) in [6, 6.07) is 4.14. The highest BCUT2D eigenvalue weighted by atomic mass is 79.9. The van der Waals surface area contributed by atoms with Crippen molar-refractivity contribution in [3.8, 4) is 5.75 Å². The molecule has 0 saturated heterocycles. The Labute approximate surface area is 106 Å². The molecule has 3 heteroatoms. The molecule has 0 amide bonds. The van der Waals surface area contributed by atoms with Gasteiger partial charge in [0.15, 0.2) is 0 Å². The number of ether oxygens (including phenoxy) is 1. The molecule has 2 N–H and O–H groups in total. The van der Waals surface area contributed by atoms with Gasteiger partial charge in [0, 0.05) is 16.6 Å². The van der Waals surface area contributed by atoms with Crippen LogP contribution in [0.2, 0.25) is 0 Å². The van der Waals surface area contributed by atoms with E-state index in [1.807, 2.05) is 18.2 Å². The predicted octanol–water partition coefficient (Wildman–Crippen LogP) is 3.55. The molecule has 0 heterocycles. The summed E-state index contributed by atoms with van der Waals surface area (Å²) in [4.78, 5) is 0. The first-order valence-corrected chi connectivity index (χ1v) is 6.13. The molecule has 0 saturated carbocycles. The van der Waals surface area contributed by atoms with E-state index in [1.165, 1.54) is 5.56 Å². The van der Waals surface area contributed by atoms with Gasteiger partial charge in [0.2, 0.25) is 0 Å². The zero-order valence-electron chi connectivity index (χ0n) is 9.96. The standard InChI is InChI=1S/C13H18BrNO/c1-9(2)12-8-11(14)7-10(5-4-6-15)13(12)16-3/h4-5,7-9H,6,15H2,1-3H3/b5-4+. The van der Waals surface area contributed by atoms with Gasteiger partial charge in [-0.1, -0.05) is 41.9 Å². The molecule has 0 bridgehead atoms. The minimum Gasteiger partial charge on any atom is -0.496 e. The van der Waals surface area contributed by atoms with E-state index >= 15 is 0 Å². The van der Waals surface area contributed by atoms with Crippen LogP contribution >= 0.6 is 15.9 Å². The van der Waals surface area contributed by atoms with Crippen molar-refractivity contribution in [1.29, 1.82) is 0 Å². The van der Waals surface area contributed by atoms with Crippen LogP contribution in [0, 0.1) is 0 Å². The van der Waals surface area contributed by atoms with Crippen molar-refractivity contribution in [3.63, 3.8) is 0 Å². The SMILES string of the molecule is COc1c(/C=C/CN)cc(Br)cc1C(C)C. The summed E-state index contributed by atoms with van der Waals surface area (Å²) in [5.74, 6) is 1.36. The first kappa shape index (κ1) is 13.3. The fourth-order valence-corrected chi connectivity index (χ4v) is 2.11. The normalized spacial score (nSPS) is 11.4. The van der Waals surface area contributed by atoms with E-state index < -0.39 is 0 Å². The summed E-state index contributed by atoms with van der Waals surface area (Å²) in [5, 5.41) is 0. The van der Waals surface area contributed by atoms with Crippen LogP contribution in [0.3, 0.4) is 0 Å². The predicted molar refractivity (Wildman–Crippen MR) is 72.9 cm³/mol. The van der Waals surface area contributed by atoms with E-state index in [4.69, 9.17) is 10.5 Å². The van der Waals surface area contributed by atoms with Gasteiger partial charge in [-0.15, -0.1) is 0 Å². The lowest BCUT2D eigenvalue weighted by molar-refractivity contribution is 0.406. The molecule has 0 aliphatic rings. The van der Waals surface area contributed by atoms with Crippen LogP contribution in [0.5, 0.6) is 5.75 Å². The maximum absolute atomic E-state index is 5.48. The molecule has 0 aliphatic heterocycles. The lowest BCUT2D eigenvalue weighted by Gasteiger charge is -2.15. The van der Waals surface area contributed by atoms with Crippen molar-refractivity contribution in [2.45, 2.75) is 19.8 Å². The molecule has 0 aromatic heterocycles. The highest BCUT2D eigenvalue weighted by Gasteiger charge is 2.11. The van der Waals surface area contributed by atoms with Gasteiger partial charge in [0.25, 0.3) is 0 Å². The van der Waals surface area contributed by atoms with E-state index in [2.05, 4.69) is 35.8 Å². The number of hydrogen-bond acceptors (Lipinski definition) is 2. The maximum Gasteiger partial charge on any atom is 0.129 e. The molecule has 0 aliphatic carbocycles. The van der Waals surface area contributed by atoms with Crippen molar-refractivity contribution in [2.24, 2.45) is 5.73 Å². The third-order valence-electron chi connectivity index (χ3n) is 2.37. The van der Waals surface area contributed by atoms with Gasteiger partial charge in [0.05, 0.1) is 7.11 Å². The van der Waals surface area contributed by atoms with E-state index in [0.717, 1.165) is 15.8 Å². The van der Waals surface area contributed by atoms with Crippen molar-refractivity contribution in [2.75, 3.05) is 13.7 Å². The number of hydrogen-bond donors (Lipinski definition) is 1. The largest absolute Gasteiger partial charge is 0.496 e. The van der Waals surface area contributed by atoms with Crippen LogP contribution in [0.25, 0.3) is 6.08 Å². The molecule has 0 fully saturated rings. The van der Waals surface area contributed by atoms with Gasteiger partial charge in [0.1, 0.15) is 5.75 Å². The Morgan fingerprint density at radius 1 is 1.44 bits per heavy atom. The summed E-state index contributed by atoms with van der Waals surface area (Å²) in [7, 11) is 1.70. The number of halogens is 1. The Balaban J connectivity index is 3.30. The zero-order valence-corrected chi connectivity index (χ0v) is 11.5. The van der Waals surface area contributed by atoms with Gasteiger partial charge >= 0.3 is 0 Å². The summed E-state index contributed by atoms with van der Waals surface area (Å²) < 4.78 is 6.54. The molecule has 2 nitrogen and oxygen atoms in total. The second-order valence-electron chi connectivity index (χ2n) is 3.91. The number of benzene rings is 1.